The van der Waals surface area contributed by atoms with Crippen molar-refractivity contribution in [1.29, 1.82) is 0 Å². The van der Waals surface area contributed by atoms with Crippen molar-refractivity contribution in [3.63, 3.8) is 0 Å². The van der Waals surface area contributed by atoms with Crippen LogP contribution in [-0.2, 0) is 11.2 Å². The van der Waals surface area contributed by atoms with Gasteiger partial charge < -0.3 is 10.4 Å². The van der Waals surface area contributed by atoms with E-state index in [1.54, 1.807) is 0 Å². The van der Waals surface area contributed by atoms with Crippen LogP contribution in [0.15, 0.2) is 22.7 Å². The highest BCUT2D eigenvalue weighted by molar-refractivity contribution is 9.10. The average Bonchev–Trinajstić information content (AvgIpc) is 2.20. The SMILES string of the molecule is CC1=CC(C)(C)Nc2ccc(Br)c(CC(=O)O)c21. The summed E-state index contributed by atoms with van der Waals surface area (Å²) in [5.41, 5.74) is 3.85. The Balaban J connectivity index is 2.61. The van der Waals surface area contributed by atoms with Gasteiger partial charge in [-0.2, -0.15) is 0 Å². The zero-order valence-electron chi connectivity index (χ0n) is 10.7. The fourth-order valence-corrected chi connectivity index (χ4v) is 2.97. The Kier molecular flexibility index (Phi) is 3.23. The number of aliphatic carboxylic acids is 1. The summed E-state index contributed by atoms with van der Waals surface area (Å²) in [6.07, 6.45) is 2.16. The molecule has 2 N–H and O–H groups in total. The number of allylic oxidation sites excluding steroid dienone is 1. The van der Waals surface area contributed by atoms with E-state index in [9.17, 15) is 4.79 Å². The summed E-state index contributed by atoms with van der Waals surface area (Å²) < 4.78 is 0.845. The van der Waals surface area contributed by atoms with Gasteiger partial charge in [-0.25, -0.2) is 0 Å². The molecule has 0 fully saturated rings. The van der Waals surface area contributed by atoms with Crippen molar-refractivity contribution >= 4 is 33.2 Å². The zero-order valence-corrected chi connectivity index (χ0v) is 12.3. The minimum atomic E-state index is -0.818. The van der Waals surface area contributed by atoms with Gasteiger partial charge in [0, 0.05) is 15.7 Å². The molecule has 1 aliphatic rings. The molecular weight excluding hydrogens is 294 g/mol. The van der Waals surface area contributed by atoms with Crippen LogP contribution in [0.3, 0.4) is 0 Å². The standard InChI is InChI=1S/C14H16BrNO2/c1-8-7-14(2,3)16-11-5-4-10(15)9(13(8)11)6-12(17)18/h4-5,7,16H,6H2,1-3H3,(H,17,18). The summed E-state index contributed by atoms with van der Waals surface area (Å²) in [4.78, 5) is 11.0. The Morgan fingerprint density at radius 3 is 2.72 bits per heavy atom. The molecule has 1 heterocycles. The minimum absolute atomic E-state index is 0.0248. The van der Waals surface area contributed by atoms with Crippen LogP contribution >= 0.6 is 15.9 Å². The van der Waals surface area contributed by atoms with Crippen molar-refractivity contribution in [1.82, 2.24) is 0 Å². The van der Waals surface area contributed by atoms with Gasteiger partial charge in [-0.05, 0) is 44.0 Å². The molecule has 0 unspecified atom stereocenters. The van der Waals surface area contributed by atoms with Gasteiger partial charge in [0.05, 0.1) is 12.0 Å². The van der Waals surface area contributed by atoms with E-state index >= 15 is 0 Å². The number of carboxylic acid groups (broad SMARTS) is 1. The van der Waals surface area contributed by atoms with E-state index < -0.39 is 5.97 Å². The van der Waals surface area contributed by atoms with Gasteiger partial charge in [0.1, 0.15) is 0 Å². The molecule has 3 nitrogen and oxygen atoms in total. The fourth-order valence-electron chi connectivity index (χ4n) is 2.50. The van der Waals surface area contributed by atoms with Crippen LogP contribution in [-0.4, -0.2) is 16.6 Å². The number of carbonyl (C=O) groups is 1. The summed E-state index contributed by atoms with van der Waals surface area (Å²) in [7, 11) is 0. The summed E-state index contributed by atoms with van der Waals surface area (Å²) >= 11 is 3.44. The Hall–Kier alpha value is -1.29. The van der Waals surface area contributed by atoms with E-state index in [1.807, 2.05) is 19.1 Å². The smallest absolute Gasteiger partial charge is 0.307 e. The molecule has 0 amide bonds. The predicted molar refractivity (Wildman–Crippen MR) is 76.8 cm³/mol. The lowest BCUT2D eigenvalue weighted by Crippen LogP contribution is -2.32. The molecular formula is C14H16BrNO2. The lowest BCUT2D eigenvalue weighted by Gasteiger charge is -2.32. The first-order valence-corrected chi connectivity index (χ1v) is 6.60. The Labute approximate surface area is 115 Å². The van der Waals surface area contributed by atoms with Crippen LogP contribution in [0, 0.1) is 0 Å². The highest BCUT2D eigenvalue weighted by atomic mass is 79.9. The molecule has 0 saturated heterocycles. The molecule has 18 heavy (non-hydrogen) atoms. The summed E-state index contributed by atoms with van der Waals surface area (Å²) in [6, 6.07) is 3.89. The van der Waals surface area contributed by atoms with Gasteiger partial charge in [-0.3, -0.25) is 4.79 Å². The van der Waals surface area contributed by atoms with Gasteiger partial charge in [-0.15, -0.1) is 0 Å². The third-order valence-corrected chi connectivity index (χ3v) is 3.76. The van der Waals surface area contributed by atoms with Gasteiger partial charge >= 0.3 is 5.97 Å². The normalized spacial score (nSPS) is 16.6. The Bertz CT molecular complexity index is 547. The van der Waals surface area contributed by atoms with Crippen molar-refractivity contribution in [2.75, 3.05) is 5.32 Å². The highest BCUT2D eigenvalue weighted by Gasteiger charge is 2.25. The topological polar surface area (TPSA) is 49.3 Å². The molecule has 1 aromatic rings. The number of nitrogens with one attached hydrogen (secondary N) is 1. The second-order valence-electron chi connectivity index (χ2n) is 5.19. The lowest BCUT2D eigenvalue weighted by molar-refractivity contribution is -0.136. The maximum Gasteiger partial charge on any atom is 0.307 e. The zero-order chi connectivity index (χ0) is 13.5. The maximum atomic E-state index is 11.0. The second kappa shape index (κ2) is 4.43. The lowest BCUT2D eigenvalue weighted by atomic mass is 9.88. The maximum absolute atomic E-state index is 11.0. The number of fused-ring (bicyclic) bond motifs is 1. The molecule has 96 valence electrons. The molecule has 2 rings (SSSR count). The number of benzene rings is 1. The van der Waals surface area contributed by atoms with Crippen LogP contribution in [0.5, 0.6) is 0 Å². The van der Waals surface area contributed by atoms with Crippen molar-refractivity contribution in [2.24, 2.45) is 0 Å². The third kappa shape index (κ3) is 2.43. The Morgan fingerprint density at radius 2 is 2.11 bits per heavy atom. The predicted octanol–water partition coefficient (Wildman–Crippen LogP) is 3.68. The molecule has 0 radical (unpaired) electrons. The van der Waals surface area contributed by atoms with E-state index in [1.165, 1.54) is 0 Å². The van der Waals surface area contributed by atoms with Gasteiger partial charge in [0.25, 0.3) is 0 Å². The first-order chi connectivity index (χ1) is 8.30. The van der Waals surface area contributed by atoms with Crippen molar-refractivity contribution in [3.05, 3.63) is 33.8 Å². The third-order valence-electron chi connectivity index (χ3n) is 3.01. The number of hydrogen-bond donors (Lipinski definition) is 2. The van der Waals surface area contributed by atoms with E-state index in [0.717, 1.165) is 26.9 Å². The number of halogens is 1. The van der Waals surface area contributed by atoms with Crippen LogP contribution in [0.4, 0.5) is 5.69 Å². The molecule has 0 aromatic heterocycles. The van der Waals surface area contributed by atoms with Crippen molar-refractivity contribution < 1.29 is 9.90 Å². The number of anilines is 1. The van der Waals surface area contributed by atoms with E-state index in [2.05, 4.69) is 41.2 Å². The molecule has 1 aliphatic heterocycles. The summed E-state index contributed by atoms with van der Waals surface area (Å²) in [5, 5.41) is 12.4. The summed E-state index contributed by atoms with van der Waals surface area (Å²) in [6.45, 7) is 6.22. The quantitative estimate of drug-likeness (QED) is 0.876. The number of carboxylic acids is 1. The van der Waals surface area contributed by atoms with Crippen LogP contribution in [0.2, 0.25) is 0 Å². The monoisotopic (exact) mass is 309 g/mol. The van der Waals surface area contributed by atoms with E-state index in [-0.39, 0.29) is 12.0 Å². The Morgan fingerprint density at radius 1 is 1.44 bits per heavy atom. The first-order valence-electron chi connectivity index (χ1n) is 5.81. The van der Waals surface area contributed by atoms with Crippen molar-refractivity contribution in [2.45, 2.75) is 32.7 Å². The second-order valence-corrected chi connectivity index (χ2v) is 6.05. The highest BCUT2D eigenvalue weighted by Crippen LogP contribution is 2.38. The largest absolute Gasteiger partial charge is 0.481 e. The van der Waals surface area contributed by atoms with E-state index in [4.69, 9.17) is 5.11 Å². The number of hydrogen-bond acceptors (Lipinski definition) is 2. The van der Waals surface area contributed by atoms with Crippen LogP contribution in [0.25, 0.3) is 5.57 Å². The van der Waals surface area contributed by atoms with Crippen LogP contribution in [0.1, 0.15) is 31.9 Å². The molecule has 1 aromatic carbocycles. The van der Waals surface area contributed by atoms with Gasteiger partial charge in [0.15, 0.2) is 0 Å². The molecule has 0 saturated carbocycles. The molecule has 0 aliphatic carbocycles. The van der Waals surface area contributed by atoms with Crippen LogP contribution < -0.4 is 5.32 Å². The first kappa shape index (κ1) is 13.1. The van der Waals surface area contributed by atoms with Gasteiger partial charge in [0.2, 0.25) is 0 Å². The fraction of sp³-hybridized carbons (Fsp3) is 0.357. The molecule has 0 atom stereocenters. The van der Waals surface area contributed by atoms with Crippen molar-refractivity contribution in [3.8, 4) is 0 Å². The average molecular weight is 310 g/mol. The summed E-state index contributed by atoms with van der Waals surface area (Å²) in [5.74, 6) is -0.818. The minimum Gasteiger partial charge on any atom is -0.481 e. The molecule has 0 bridgehead atoms. The molecule has 4 heteroatoms. The van der Waals surface area contributed by atoms with Gasteiger partial charge in [-0.1, -0.05) is 22.0 Å². The molecule has 0 spiro atoms. The van der Waals surface area contributed by atoms with E-state index in [0.29, 0.717) is 0 Å². The number of rotatable bonds is 2.